The highest BCUT2D eigenvalue weighted by atomic mass is 16.7. The van der Waals surface area contributed by atoms with Gasteiger partial charge in [0.1, 0.15) is 35.1 Å². The second-order valence-corrected chi connectivity index (χ2v) is 8.79. The molecular formula is C20H24O8. The Kier molecular flexibility index (Phi) is 3.43. The number of hydrogen-bond donors (Lipinski definition) is 2. The van der Waals surface area contributed by atoms with Crippen LogP contribution in [-0.2, 0) is 28.5 Å². The molecule has 2 N–H and O–H groups in total. The van der Waals surface area contributed by atoms with E-state index in [2.05, 4.69) is 6.58 Å². The summed E-state index contributed by atoms with van der Waals surface area (Å²) >= 11 is 0. The summed E-state index contributed by atoms with van der Waals surface area (Å²) in [5, 5.41) is 22.8. The summed E-state index contributed by atoms with van der Waals surface area (Å²) in [4.78, 5) is 24.8. The molecule has 1 spiro atoms. The Morgan fingerprint density at radius 1 is 1.39 bits per heavy atom. The summed E-state index contributed by atoms with van der Waals surface area (Å²) in [6, 6.07) is 0. The van der Waals surface area contributed by atoms with Crippen molar-refractivity contribution in [1.82, 2.24) is 0 Å². The minimum atomic E-state index is -1.68. The van der Waals surface area contributed by atoms with Crippen LogP contribution < -0.4 is 0 Å². The third-order valence-corrected chi connectivity index (χ3v) is 7.48. The lowest BCUT2D eigenvalue weighted by Gasteiger charge is -2.41. The fraction of sp³-hybridized carbons (Fsp3) is 0.700. The zero-order chi connectivity index (χ0) is 20.2. The summed E-state index contributed by atoms with van der Waals surface area (Å²) in [6.07, 6.45) is -1.48. The molecule has 2 saturated carbocycles. The van der Waals surface area contributed by atoms with Crippen molar-refractivity contribution in [2.24, 2.45) is 11.8 Å². The van der Waals surface area contributed by atoms with E-state index in [1.165, 1.54) is 0 Å². The monoisotopic (exact) mass is 392 g/mol. The lowest BCUT2D eigenvalue weighted by molar-refractivity contribution is -0.196. The van der Waals surface area contributed by atoms with Crippen LogP contribution in [0.1, 0.15) is 27.2 Å². The SMILES string of the molecule is C=C1C(=O)OC2[C@H]1[C@H](OC(=O)/C(C)=C\C)C[C@@]1(CO1)C1C(O)C3O[C@@]3(C)C21O. The van der Waals surface area contributed by atoms with E-state index in [4.69, 9.17) is 18.9 Å². The number of aliphatic hydroxyl groups excluding tert-OH is 1. The van der Waals surface area contributed by atoms with Gasteiger partial charge in [-0.1, -0.05) is 12.7 Å². The van der Waals surface area contributed by atoms with Gasteiger partial charge in [-0.05, 0) is 20.8 Å². The molecule has 5 fully saturated rings. The van der Waals surface area contributed by atoms with Gasteiger partial charge < -0.3 is 29.2 Å². The largest absolute Gasteiger partial charge is 0.458 e. The van der Waals surface area contributed by atoms with Crippen LogP contribution in [0, 0.1) is 11.8 Å². The molecule has 152 valence electrons. The topological polar surface area (TPSA) is 118 Å². The Bertz CT molecular complexity index is 828. The Morgan fingerprint density at radius 3 is 2.68 bits per heavy atom. The lowest BCUT2D eigenvalue weighted by Crippen LogP contribution is -2.61. The summed E-state index contributed by atoms with van der Waals surface area (Å²) in [5.41, 5.74) is -3.03. The van der Waals surface area contributed by atoms with Crippen molar-refractivity contribution in [2.75, 3.05) is 6.61 Å². The first-order chi connectivity index (χ1) is 13.1. The van der Waals surface area contributed by atoms with Crippen LogP contribution >= 0.6 is 0 Å². The number of carbonyl (C=O) groups is 2. The predicted molar refractivity (Wildman–Crippen MR) is 92.8 cm³/mol. The first kappa shape index (κ1) is 18.3. The molecule has 0 aromatic carbocycles. The number of fused-ring (bicyclic) bond motifs is 6. The fourth-order valence-electron chi connectivity index (χ4n) is 5.68. The molecule has 8 heteroatoms. The number of hydrogen-bond acceptors (Lipinski definition) is 8. The number of carbonyl (C=O) groups excluding carboxylic acids is 2. The van der Waals surface area contributed by atoms with Gasteiger partial charge >= 0.3 is 11.9 Å². The average Bonchev–Trinajstić information content (AvgIpc) is 3.53. The third-order valence-electron chi connectivity index (χ3n) is 7.48. The van der Waals surface area contributed by atoms with Crippen LogP contribution in [0.3, 0.4) is 0 Å². The van der Waals surface area contributed by atoms with Crippen LogP contribution in [0.15, 0.2) is 23.8 Å². The van der Waals surface area contributed by atoms with Gasteiger partial charge in [0, 0.05) is 17.6 Å². The fourth-order valence-corrected chi connectivity index (χ4v) is 5.68. The van der Waals surface area contributed by atoms with Gasteiger partial charge in [-0.15, -0.1) is 0 Å². The lowest BCUT2D eigenvalue weighted by atomic mass is 9.71. The molecule has 28 heavy (non-hydrogen) atoms. The maximum absolute atomic E-state index is 12.5. The molecule has 0 amide bonds. The highest BCUT2D eigenvalue weighted by Gasteiger charge is 2.88. The van der Waals surface area contributed by atoms with Gasteiger partial charge in [-0.2, -0.15) is 0 Å². The maximum Gasteiger partial charge on any atom is 0.334 e. The molecule has 3 saturated heterocycles. The Labute approximate surface area is 162 Å². The predicted octanol–water partition coefficient (Wildman–Crippen LogP) is 0.0142. The minimum Gasteiger partial charge on any atom is -0.458 e. The average molecular weight is 392 g/mol. The molecule has 5 aliphatic rings. The van der Waals surface area contributed by atoms with Crippen molar-refractivity contribution in [3.8, 4) is 0 Å². The van der Waals surface area contributed by atoms with Gasteiger partial charge in [-0.3, -0.25) is 0 Å². The van der Waals surface area contributed by atoms with E-state index in [0.717, 1.165) is 0 Å². The molecule has 5 rings (SSSR count). The molecule has 0 bridgehead atoms. The first-order valence-electron chi connectivity index (χ1n) is 9.56. The zero-order valence-electron chi connectivity index (χ0n) is 16.0. The van der Waals surface area contributed by atoms with Crippen LogP contribution in [-0.4, -0.2) is 70.0 Å². The minimum absolute atomic E-state index is 0.146. The number of ether oxygens (including phenoxy) is 4. The van der Waals surface area contributed by atoms with Gasteiger partial charge in [-0.25, -0.2) is 9.59 Å². The van der Waals surface area contributed by atoms with E-state index < -0.39 is 65.0 Å². The summed E-state index contributed by atoms with van der Waals surface area (Å²) in [5.74, 6) is -2.62. The van der Waals surface area contributed by atoms with Crippen LogP contribution in [0.25, 0.3) is 0 Å². The van der Waals surface area contributed by atoms with Crippen molar-refractivity contribution >= 4 is 11.9 Å². The van der Waals surface area contributed by atoms with Gasteiger partial charge in [0.05, 0.1) is 24.5 Å². The molecule has 8 nitrogen and oxygen atoms in total. The van der Waals surface area contributed by atoms with Gasteiger partial charge in [0.25, 0.3) is 0 Å². The van der Waals surface area contributed by atoms with Crippen molar-refractivity contribution < 1.29 is 38.7 Å². The highest BCUT2D eigenvalue weighted by Crippen LogP contribution is 2.69. The Morgan fingerprint density at radius 2 is 2.07 bits per heavy atom. The molecule has 0 radical (unpaired) electrons. The normalized spacial score (nSPS) is 53.8. The van der Waals surface area contributed by atoms with E-state index in [-0.39, 0.29) is 12.0 Å². The second kappa shape index (κ2) is 5.24. The molecule has 5 unspecified atom stereocenters. The number of allylic oxidation sites excluding steroid dienone is 1. The smallest absolute Gasteiger partial charge is 0.334 e. The Hall–Kier alpha value is -1.74. The standard InChI is InChI=1S/C20H24O8/c1-5-8(2)16(22)26-10-6-19(7-25-19)13-12(21)15-18(4,28-15)20(13,24)14-11(10)9(3)17(23)27-14/h5,10-15,21,24H,3,6-7H2,1-2,4H3/b8-5-/t10-,11-,12?,13?,14?,15?,18-,19-,20?/m1/s1. The van der Waals surface area contributed by atoms with Crippen LogP contribution in [0.4, 0.5) is 0 Å². The molecule has 9 atom stereocenters. The summed E-state index contributed by atoms with van der Waals surface area (Å²) < 4.78 is 22.7. The van der Waals surface area contributed by atoms with Crippen molar-refractivity contribution in [3.63, 3.8) is 0 Å². The van der Waals surface area contributed by atoms with Crippen LogP contribution in [0.2, 0.25) is 0 Å². The molecular weight excluding hydrogens is 368 g/mol. The molecule has 3 heterocycles. The van der Waals surface area contributed by atoms with E-state index in [0.29, 0.717) is 12.2 Å². The van der Waals surface area contributed by atoms with E-state index >= 15 is 0 Å². The molecule has 3 aliphatic heterocycles. The third kappa shape index (κ3) is 1.94. The van der Waals surface area contributed by atoms with E-state index in [9.17, 15) is 19.8 Å². The molecule has 2 aliphatic carbocycles. The number of epoxide rings is 2. The molecule has 0 aromatic rings. The Balaban J connectivity index is 1.61. The molecule has 0 aromatic heterocycles. The van der Waals surface area contributed by atoms with Crippen molar-refractivity contribution in [3.05, 3.63) is 23.8 Å². The van der Waals surface area contributed by atoms with E-state index in [1.807, 2.05) is 0 Å². The zero-order valence-corrected chi connectivity index (χ0v) is 16.0. The maximum atomic E-state index is 12.5. The van der Waals surface area contributed by atoms with Gasteiger partial charge in [0.2, 0.25) is 0 Å². The highest BCUT2D eigenvalue weighted by molar-refractivity contribution is 5.92. The number of aliphatic hydroxyl groups is 2. The van der Waals surface area contributed by atoms with Crippen LogP contribution in [0.5, 0.6) is 0 Å². The van der Waals surface area contributed by atoms with Gasteiger partial charge in [0.15, 0.2) is 0 Å². The number of esters is 2. The second-order valence-electron chi connectivity index (χ2n) is 8.79. The summed E-state index contributed by atoms with van der Waals surface area (Å²) in [7, 11) is 0. The van der Waals surface area contributed by atoms with E-state index in [1.54, 1.807) is 26.8 Å². The quantitative estimate of drug-likeness (QED) is 0.383. The first-order valence-corrected chi connectivity index (χ1v) is 9.56. The van der Waals surface area contributed by atoms with Crippen molar-refractivity contribution in [1.29, 1.82) is 0 Å². The number of rotatable bonds is 2. The van der Waals surface area contributed by atoms with Crippen molar-refractivity contribution in [2.45, 2.75) is 68.4 Å². The summed E-state index contributed by atoms with van der Waals surface area (Å²) in [6.45, 7) is 9.24.